The molecule has 1 saturated heterocycles. The quantitative estimate of drug-likeness (QED) is 0.420. The third-order valence-electron chi connectivity index (χ3n) is 8.19. The Morgan fingerprint density at radius 2 is 2.12 bits per heavy atom. The molecule has 3 aliphatic heterocycles. The van der Waals surface area contributed by atoms with Gasteiger partial charge >= 0.3 is 18.0 Å². The fraction of sp³-hybridized carbons (Fsp3) is 0.414. The van der Waals surface area contributed by atoms with Gasteiger partial charge in [0.2, 0.25) is 0 Å². The fourth-order valence-corrected chi connectivity index (χ4v) is 6.93. The Kier molecular flexibility index (Phi) is 8.10. The number of carboxylic acids is 1. The van der Waals surface area contributed by atoms with Gasteiger partial charge in [-0.2, -0.15) is 0 Å². The number of thiazole rings is 1. The summed E-state index contributed by atoms with van der Waals surface area (Å²) in [6, 6.07) is 3.24. The number of benzene rings is 1. The topological polar surface area (TPSA) is 128 Å². The lowest BCUT2D eigenvalue weighted by Gasteiger charge is -2.34. The maximum Gasteiger partial charge on any atom is 0.338 e. The number of halogens is 2. The third-order valence-corrected chi connectivity index (χ3v) is 9.37. The second-order valence-electron chi connectivity index (χ2n) is 10.8. The minimum absolute atomic E-state index is 0.108. The molecule has 1 aliphatic carbocycles. The van der Waals surface area contributed by atoms with Gasteiger partial charge in [0.1, 0.15) is 11.9 Å². The van der Waals surface area contributed by atoms with E-state index in [0.717, 1.165) is 5.70 Å². The average molecular weight is 629 g/mol. The van der Waals surface area contributed by atoms with E-state index in [1.807, 2.05) is 16.5 Å². The number of carbonyl (C=O) groups is 3. The molecular weight excluding hydrogens is 599 g/mol. The first-order valence-electron chi connectivity index (χ1n) is 14.1. The van der Waals surface area contributed by atoms with E-state index in [9.17, 15) is 23.9 Å². The highest BCUT2D eigenvalue weighted by Crippen LogP contribution is 2.38. The van der Waals surface area contributed by atoms with Crippen molar-refractivity contribution in [2.24, 2.45) is 10.9 Å². The number of rotatable bonds is 8. The Morgan fingerprint density at radius 1 is 1.28 bits per heavy atom. The van der Waals surface area contributed by atoms with Crippen LogP contribution in [-0.2, 0) is 14.3 Å². The molecule has 3 atom stereocenters. The van der Waals surface area contributed by atoms with Crippen molar-refractivity contribution in [2.45, 2.75) is 38.3 Å². The predicted molar refractivity (Wildman–Crippen MR) is 157 cm³/mol. The highest BCUT2D eigenvalue weighted by molar-refractivity contribution is 7.11. The number of amidine groups is 1. The average Bonchev–Trinajstić information content (AvgIpc) is 3.75. The highest BCUT2D eigenvalue weighted by Gasteiger charge is 2.43. The van der Waals surface area contributed by atoms with Gasteiger partial charge in [-0.3, -0.25) is 14.7 Å². The van der Waals surface area contributed by atoms with Crippen LogP contribution in [-0.4, -0.2) is 87.4 Å². The first kappa shape index (κ1) is 29.1. The second-order valence-corrected chi connectivity index (χ2v) is 12.0. The number of ether oxygens (including phenoxy) is 1. The summed E-state index contributed by atoms with van der Waals surface area (Å²) in [5.41, 5.74) is 1.86. The van der Waals surface area contributed by atoms with Crippen molar-refractivity contribution in [3.05, 3.63) is 74.4 Å². The van der Waals surface area contributed by atoms with Crippen LogP contribution >= 0.6 is 22.9 Å². The zero-order valence-electron chi connectivity index (χ0n) is 23.3. The van der Waals surface area contributed by atoms with Crippen molar-refractivity contribution in [1.82, 2.24) is 25.0 Å². The molecule has 0 radical (unpaired) electrons. The van der Waals surface area contributed by atoms with Gasteiger partial charge in [-0.25, -0.2) is 19.0 Å². The van der Waals surface area contributed by atoms with Gasteiger partial charge in [0, 0.05) is 48.2 Å². The maximum absolute atomic E-state index is 14.6. The summed E-state index contributed by atoms with van der Waals surface area (Å²) < 4.78 is 20.0. The molecule has 0 bridgehead atoms. The number of amides is 2. The normalized spacial score (nSPS) is 23.7. The number of carboxylic acid groups (broad SMARTS) is 1. The number of carbonyl (C=O) groups excluding carboxylic acids is 2. The van der Waals surface area contributed by atoms with Crippen molar-refractivity contribution in [1.29, 1.82) is 0 Å². The number of fused-ring (bicyclic) bond motifs is 1. The van der Waals surface area contributed by atoms with Crippen LogP contribution in [0, 0.1) is 11.7 Å². The Bertz CT molecular complexity index is 1550. The number of esters is 1. The minimum atomic E-state index is -0.945. The van der Waals surface area contributed by atoms with Crippen molar-refractivity contribution >= 4 is 46.7 Å². The molecule has 2 N–H and O–H groups in total. The molecule has 1 unspecified atom stereocenters. The largest absolute Gasteiger partial charge is 0.481 e. The highest BCUT2D eigenvalue weighted by atomic mass is 35.5. The van der Waals surface area contributed by atoms with E-state index in [2.05, 4.69) is 10.3 Å². The van der Waals surface area contributed by atoms with E-state index in [4.69, 9.17) is 21.3 Å². The van der Waals surface area contributed by atoms with Crippen LogP contribution in [0.25, 0.3) is 0 Å². The number of hydrogen-bond donors (Lipinski definition) is 2. The van der Waals surface area contributed by atoms with Crippen LogP contribution in [0.2, 0.25) is 5.02 Å². The lowest BCUT2D eigenvalue weighted by atomic mass is 9.95. The van der Waals surface area contributed by atoms with Crippen molar-refractivity contribution in [3.8, 4) is 0 Å². The van der Waals surface area contributed by atoms with Gasteiger partial charge in [-0.1, -0.05) is 23.7 Å². The monoisotopic (exact) mass is 628 g/mol. The van der Waals surface area contributed by atoms with Gasteiger partial charge < -0.3 is 25.0 Å². The van der Waals surface area contributed by atoms with E-state index >= 15 is 0 Å². The summed E-state index contributed by atoms with van der Waals surface area (Å²) >= 11 is 7.77. The number of nitrogens with zero attached hydrogens (tertiary/aromatic N) is 5. The van der Waals surface area contributed by atoms with Crippen LogP contribution in [0.5, 0.6) is 0 Å². The Balaban J connectivity index is 1.32. The third kappa shape index (κ3) is 5.58. The smallest absolute Gasteiger partial charge is 0.338 e. The van der Waals surface area contributed by atoms with Crippen molar-refractivity contribution < 1.29 is 28.6 Å². The Morgan fingerprint density at radius 3 is 2.84 bits per heavy atom. The molecule has 2 aromatic rings. The molecule has 6 rings (SSSR count). The molecule has 226 valence electrons. The summed E-state index contributed by atoms with van der Waals surface area (Å²) in [4.78, 5) is 52.8. The van der Waals surface area contributed by atoms with Crippen LogP contribution in [0.15, 0.2) is 57.9 Å². The van der Waals surface area contributed by atoms with Gasteiger partial charge in [0.05, 0.1) is 41.9 Å². The summed E-state index contributed by atoms with van der Waals surface area (Å²) in [5.74, 6) is -2.05. The first-order valence-corrected chi connectivity index (χ1v) is 15.3. The molecule has 2 fully saturated rings. The van der Waals surface area contributed by atoms with E-state index in [1.54, 1.807) is 29.0 Å². The zero-order chi connectivity index (χ0) is 30.2. The number of aliphatic imine (C=N–C) groups is 1. The standard InChI is InChI=1S/C29H30ClFN6O5S/c1-2-42-28(40)22-21(33-25(26-32-8-11-43-26)34-24(22)19-4-3-5-20(31)23(19)30)15-35-9-10-36-18(13-35)14-37(29(36)41)17-7-6-16(12-17)27(38)39/h3-5,8,11,13,16-17,24H,2,6-7,9-10,12,14-15H2,1H3,(H,33,34)(H,38,39)/t16-,17+,24?/m0/s1. The second kappa shape index (κ2) is 12.0. The van der Waals surface area contributed by atoms with Gasteiger partial charge in [0.15, 0.2) is 10.8 Å². The SMILES string of the molecule is CCOC(=O)C1=C(CN2C=C3CN([C@@H]4CC[C@H](C(=O)O)C4)C(=O)N3CC2)NC(c2nccs2)=NC1c1cccc(F)c1Cl. The van der Waals surface area contributed by atoms with Crippen molar-refractivity contribution in [2.75, 3.05) is 32.8 Å². The molecule has 14 heteroatoms. The molecule has 43 heavy (non-hydrogen) atoms. The fourth-order valence-electron chi connectivity index (χ4n) is 6.11. The number of aromatic nitrogens is 1. The number of nitrogens with one attached hydrogen (secondary N) is 1. The zero-order valence-corrected chi connectivity index (χ0v) is 24.9. The van der Waals surface area contributed by atoms with Gasteiger partial charge in [-0.15, -0.1) is 11.3 Å². The van der Waals surface area contributed by atoms with Crippen LogP contribution < -0.4 is 5.32 Å². The van der Waals surface area contributed by atoms with E-state index < -0.39 is 29.7 Å². The summed E-state index contributed by atoms with van der Waals surface area (Å²) in [7, 11) is 0. The number of urea groups is 1. The Hall–Kier alpha value is -3.97. The molecular formula is C29H30ClFN6O5S. The predicted octanol–water partition coefficient (Wildman–Crippen LogP) is 3.99. The van der Waals surface area contributed by atoms with Gasteiger partial charge in [-0.05, 0) is 32.3 Å². The van der Waals surface area contributed by atoms with E-state index in [-0.39, 0.29) is 35.8 Å². The van der Waals surface area contributed by atoms with Gasteiger partial charge in [0.25, 0.3) is 0 Å². The maximum atomic E-state index is 14.6. The van der Waals surface area contributed by atoms with Crippen LogP contribution in [0.1, 0.15) is 42.8 Å². The molecule has 0 spiro atoms. The molecule has 1 aromatic heterocycles. The molecule has 4 aliphatic rings. The minimum Gasteiger partial charge on any atom is -0.481 e. The van der Waals surface area contributed by atoms with Crippen LogP contribution in [0.4, 0.5) is 9.18 Å². The lowest BCUT2D eigenvalue weighted by molar-refractivity contribution is -0.141. The number of hydrogen-bond acceptors (Lipinski definition) is 9. The molecule has 11 nitrogen and oxygen atoms in total. The van der Waals surface area contributed by atoms with Crippen molar-refractivity contribution in [3.63, 3.8) is 0 Å². The summed E-state index contributed by atoms with van der Waals surface area (Å²) in [6.45, 7) is 3.40. The summed E-state index contributed by atoms with van der Waals surface area (Å²) in [5, 5.41) is 15.0. The molecule has 1 saturated carbocycles. The van der Waals surface area contributed by atoms with E-state index in [0.29, 0.717) is 61.0 Å². The molecule has 1 aromatic carbocycles. The lowest BCUT2D eigenvalue weighted by Crippen LogP contribution is -2.44. The van der Waals surface area contributed by atoms with E-state index in [1.165, 1.54) is 23.5 Å². The number of aliphatic carboxylic acids is 1. The van der Waals surface area contributed by atoms with Crippen LogP contribution in [0.3, 0.4) is 0 Å². The molecule has 2 amide bonds. The Labute approximate surface area is 256 Å². The molecule has 4 heterocycles. The summed E-state index contributed by atoms with van der Waals surface area (Å²) in [6.07, 6.45) is 5.23. The first-order chi connectivity index (χ1) is 20.7.